The zero-order chi connectivity index (χ0) is 25.9. The summed E-state index contributed by atoms with van der Waals surface area (Å²) in [5.74, 6) is -0.0378. The lowest BCUT2D eigenvalue weighted by Gasteiger charge is -2.40. The fourth-order valence-electron chi connectivity index (χ4n) is 5.18. The van der Waals surface area contributed by atoms with Gasteiger partial charge in [0.1, 0.15) is 5.82 Å². The van der Waals surface area contributed by atoms with E-state index in [1.165, 1.54) is 0 Å². The van der Waals surface area contributed by atoms with Gasteiger partial charge in [-0.2, -0.15) is 0 Å². The van der Waals surface area contributed by atoms with E-state index in [-0.39, 0.29) is 29.9 Å². The summed E-state index contributed by atoms with van der Waals surface area (Å²) < 4.78 is 0. The van der Waals surface area contributed by atoms with Gasteiger partial charge in [0.15, 0.2) is 0 Å². The highest BCUT2D eigenvalue weighted by Gasteiger charge is 2.41. The van der Waals surface area contributed by atoms with E-state index in [1.54, 1.807) is 48.9 Å². The quantitative estimate of drug-likeness (QED) is 0.452. The predicted octanol–water partition coefficient (Wildman–Crippen LogP) is 2.14. The van der Waals surface area contributed by atoms with Crippen LogP contribution in [-0.2, 0) is 6.54 Å². The first-order chi connectivity index (χ1) is 17.9. The molecule has 2 aliphatic rings. The maximum absolute atomic E-state index is 12.7. The Bertz CT molecular complexity index is 1280. The molecule has 5 rings (SSSR count). The van der Waals surface area contributed by atoms with Crippen molar-refractivity contribution in [2.75, 3.05) is 4.90 Å². The van der Waals surface area contributed by atoms with Crippen LogP contribution in [0.25, 0.3) is 0 Å². The van der Waals surface area contributed by atoms with Crippen LogP contribution < -0.4 is 21.3 Å². The van der Waals surface area contributed by atoms with Gasteiger partial charge in [-0.05, 0) is 69.0 Å². The van der Waals surface area contributed by atoms with Gasteiger partial charge in [-0.15, -0.1) is 0 Å². The van der Waals surface area contributed by atoms with Gasteiger partial charge in [0.2, 0.25) is 5.91 Å². The molecule has 190 valence electrons. The lowest BCUT2D eigenvalue weighted by atomic mass is 9.96. The monoisotopic (exact) mass is 499 g/mol. The number of anilines is 1. The lowest BCUT2D eigenvalue weighted by molar-refractivity contribution is 0.0923. The second-order valence-corrected chi connectivity index (χ2v) is 9.61. The third-order valence-corrected chi connectivity index (χ3v) is 7.04. The Balaban J connectivity index is 1.17. The zero-order valence-electron chi connectivity index (χ0n) is 20.6. The van der Waals surface area contributed by atoms with Gasteiger partial charge in [-0.1, -0.05) is 0 Å². The number of hydrogen-bond acceptors (Lipinski definition) is 7. The van der Waals surface area contributed by atoms with Crippen LogP contribution in [0.4, 0.5) is 5.82 Å². The molecule has 2 bridgehead atoms. The van der Waals surface area contributed by atoms with Crippen molar-refractivity contribution in [3.8, 4) is 0 Å². The fraction of sp³-hybridized carbons (Fsp3) is 0.333. The van der Waals surface area contributed by atoms with Crippen molar-refractivity contribution in [1.82, 2.24) is 25.6 Å². The van der Waals surface area contributed by atoms with Crippen molar-refractivity contribution >= 4 is 23.5 Å². The summed E-state index contributed by atoms with van der Waals surface area (Å²) in [6.45, 7) is 2.16. The minimum absolute atomic E-state index is 0.0620. The van der Waals surface area contributed by atoms with Crippen molar-refractivity contribution in [2.24, 2.45) is 5.73 Å². The summed E-state index contributed by atoms with van der Waals surface area (Å²) in [5.41, 5.74) is 8.16. The SMILES string of the molecule is Cc1cnc(CNC(=O)c2ccc(N3[C@@H]4CC[C@H]3CC(NC(=O)c3ccc(C(N)=O)cc3)C4)nc2)cn1. The highest BCUT2D eigenvalue weighted by atomic mass is 16.2. The van der Waals surface area contributed by atoms with Crippen molar-refractivity contribution in [1.29, 1.82) is 0 Å². The third-order valence-electron chi connectivity index (χ3n) is 7.04. The Kier molecular flexibility index (Phi) is 6.80. The average Bonchev–Trinajstić information content (AvgIpc) is 3.18. The summed E-state index contributed by atoms with van der Waals surface area (Å²) >= 11 is 0. The van der Waals surface area contributed by atoms with Crippen LogP contribution >= 0.6 is 0 Å². The number of nitrogens with one attached hydrogen (secondary N) is 2. The summed E-state index contributed by atoms with van der Waals surface area (Å²) in [6, 6.07) is 10.7. The Morgan fingerprint density at radius 1 is 0.865 bits per heavy atom. The standard InChI is InChI=1S/C27H29N7O3/c1-16-12-30-21(14-29-16)15-32-26(36)19-6-9-24(31-13-19)34-22-7-8-23(34)11-20(10-22)33-27(37)18-4-2-17(3-5-18)25(28)35/h2-6,9,12-14,20,22-23H,7-8,10-11,15H2,1H3,(H2,28,35)(H,32,36)(H,33,37)/t20?,22-,23+. The van der Waals surface area contributed by atoms with E-state index in [2.05, 4.69) is 30.5 Å². The molecule has 1 aromatic carbocycles. The number of piperidine rings is 1. The molecule has 2 aliphatic heterocycles. The van der Waals surface area contributed by atoms with E-state index in [0.717, 1.165) is 37.2 Å². The minimum Gasteiger partial charge on any atom is -0.366 e. The molecule has 2 fully saturated rings. The number of nitrogens with two attached hydrogens (primary N) is 1. The number of rotatable bonds is 7. The van der Waals surface area contributed by atoms with E-state index in [1.807, 2.05) is 13.0 Å². The molecule has 3 atom stereocenters. The number of aromatic nitrogens is 3. The van der Waals surface area contributed by atoms with Crippen LogP contribution in [0, 0.1) is 6.92 Å². The summed E-state index contributed by atoms with van der Waals surface area (Å²) in [5, 5.41) is 6.00. The van der Waals surface area contributed by atoms with Gasteiger partial charge in [-0.25, -0.2) is 4.98 Å². The van der Waals surface area contributed by atoms with Gasteiger partial charge in [0, 0.05) is 41.6 Å². The van der Waals surface area contributed by atoms with Crippen LogP contribution in [0.5, 0.6) is 0 Å². The third kappa shape index (κ3) is 5.42. The van der Waals surface area contributed by atoms with E-state index in [0.29, 0.717) is 28.9 Å². The number of hydrogen-bond donors (Lipinski definition) is 3. The molecular weight excluding hydrogens is 470 g/mol. The maximum atomic E-state index is 12.7. The molecule has 3 aromatic rings. The Morgan fingerprint density at radius 2 is 1.54 bits per heavy atom. The normalized spacial score (nSPS) is 20.4. The fourth-order valence-corrected chi connectivity index (χ4v) is 5.18. The van der Waals surface area contributed by atoms with Crippen LogP contribution in [-0.4, -0.2) is 50.8 Å². The molecule has 4 N–H and O–H groups in total. The van der Waals surface area contributed by atoms with Gasteiger partial charge >= 0.3 is 0 Å². The average molecular weight is 500 g/mol. The number of pyridine rings is 1. The second kappa shape index (κ2) is 10.3. The van der Waals surface area contributed by atoms with Crippen LogP contribution in [0.3, 0.4) is 0 Å². The number of aryl methyl sites for hydroxylation is 1. The molecule has 37 heavy (non-hydrogen) atoms. The molecule has 0 radical (unpaired) electrons. The molecule has 4 heterocycles. The van der Waals surface area contributed by atoms with Crippen LogP contribution in [0.2, 0.25) is 0 Å². The molecule has 2 aromatic heterocycles. The molecule has 0 saturated carbocycles. The van der Waals surface area contributed by atoms with Crippen LogP contribution in [0.1, 0.15) is 68.1 Å². The number of amides is 3. The lowest BCUT2D eigenvalue weighted by Crippen LogP contribution is -2.50. The zero-order valence-corrected chi connectivity index (χ0v) is 20.6. The number of carbonyl (C=O) groups is 3. The number of primary amides is 1. The Labute approximate surface area is 214 Å². The molecule has 2 saturated heterocycles. The summed E-state index contributed by atoms with van der Waals surface area (Å²) in [6.07, 6.45) is 8.64. The minimum atomic E-state index is -0.518. The number of benzene rings is 1. The summed E-state index contributed by atoms with van der Waals surface area (Å²) in [4.78, 5) is 51.9. The van der Waals surface area contributed by atoms with Crippen molar-refractivity contribution in [3.05, 3.63) is 83.1 Å². The van der Waals surface area contributed by atoms with Gasteiger partial charge < -0.3 is 21.3 Å². The molecule has 10 heteroatoms. The van der Waals surface area contributed by atoms with Gasteiger partial charge in [-0.3, -0.25) is 24.4 Å². The molecule has 0 aliphatic carbocycles. The summed E-state index contributed by atoms with van der Waals surface area (Å²) in [7, 11) is 0. The van der Waals surface area contributed by atoms with Gasteiger partial charge in [0.05, 0.1) is 29.7 Å². The maximum Gasteiger partial charge on any atom is 0.253 e. The molecule has 1 unspecified atom stereocenters. The molecular formula is C27H29N7O3. The van der Waals surface area contributed by atoms with Gasteiger partial charge in [0.25, 0.3) is 11.8 Å². The highest BCUT2D eigenvalue weighted by Crippen LogP contribution is 2.38. The van der Waals surface area contributed by atoms with Crippen molar-refractivity contribution in [3.63, 3.8) is 0 Å². The van der Waals surface area contributed by atoms with E-state index >= 15 is 0 Å². The van der Waals surface area contributed by atoms with Crippen LogP contribution in [0.15, 0.2) is 55.0 Å². The van der Waals surface area contributed by atoms with E-state index in [9.17, 15) is 14.4 Å². The topological polar surface area (TPSA) is 143 Å². The van der Waals surface area contributed by atoms with E-state index < -0.39 is 5.91 Å². The predicted molar refractivity (Wildman–Crippen MR) is 137 cm³/mol. The first kappa shape index (κ1) is 24.4. The number of nitrogens with zero attached hydrogens (tertiary/aromatic N) is 4. The number of fused-ring (bicyclic) bond motifs is 2. The smallest absolute Gasteiger partial charge is 0.253 e. The van der Waals surface area contributed by atoms with E-state index in [4.69, 9.17) is 5.73 Å². The first-order valence-corrected chi connectivity index (χ1v) is 12.4. The molecule has 3 amide bonds. The largest absolute Gasteiger partial charge is 0.366 e. The second-order valence-electron chi connectivity index (χ2n) is 9.61. The first-order valence-electron chi connectivity index (χ1n) is 12.4. The Hall–Kier alpha value is -4.34. The van der Waals surface area contributed by atoms with Crippen molar-refractivity contribution in [2.45, 2.75) is 57.3 Å². The van der Waals surface area contributed by atoms with Crippen molar-refractivity contribution < 1.29 is 14.4 Å². The molecule has 10 nitrogen and oxygen atoms in total. The Morgan fingerprint density at radius 3 is 2.14 bits per heavy atom. The molecule has 0 spiro atoms. The highest BCUT2D eigenvalue weighted by molar-refractivity contribution is 5.97. The number of carbonyl (C=O) groups excluding carboxylic acids is 3.